The molecule has 1 aliphatic rings. The van der Waals surface area contributed by atoms with E-state index < -0.39 is 77.4 Å². The van der Waals surface area contributed by atoms with Crippen LogP contribution in [0.3, 0.4) is 0 Å². The zero-order valence-electron chi connectivity index (χ0n) is 26.5. The van der Waals surface area contributed by atoms with Gasteiger partial charge in [-0.3, -0.25) is 24.0 Å². The number of carbonyl (C=O) groups excluding carboxylic acids is 5. The van der Waals surface area contributed by atoms with Crippen molar-refractivity contribution in [3.8, 4) is 0 Å². The third-order valence-electron chi connectivity index (χ3n) is 6.39. The molecule has 13 heteroatoms. The molecule has 1 heterocycles. The summed E-state index contributed by atoms with van der Waals surface area (Å²) in [6, 6.07) is -3.31. The Hall–Kier alpha value is -3.22. The number of carboxylic acids is 1. The smallest absolute Gasteiger partial charge is 0.407 e. The van der Waals surface area contributed by atoms with Gasteiger partial charge >= 0.3 is 12.1 Å². The summed E-state index contributed by atoms with van der Waals surface area (Å²) in [4.78, 5) is 77.5. The first-order valence-electron chi connectivity index (χ1n) is 14.5. The monoisotopic (exact) mass is 598 g/mol. The molecule has 0 aliphatic carbocycles. The number of nitrogens with zero attached hydrogens (tertiary/aromatic N) is 1. The van der Waals surface area contributed by atoms with Crippen molar-refractivity contribution in [3.05, 3.63) is 0 Å². The van der Waals surface area contributed by atoms with Gasteiger partial charge in [0, 0.05) is 13.0 Å². The Kier molecular flexibility index (Phi) is 13.9. The van der Waals surface area contributed by atoms with Gasteiger partial charge in [0.05, 0.1) is 24.4 Å². The number of alkyl carbamates (subject to hydrolysis) is 1. The van der Waals surface area contributed by atoms with Gasteiger partial charge in [-0.15, -0.1) is 0 Å². The predicted molar refractivity (Wildman–Crippen MR) is 154 cm³/mol. The molecule has 240 valence electrons. The molecule has 0 spiro atoms. The lowest BCUT2D eigenvalue weighted by molar-refractivity contribution is -0.144. The summed E-state index contributed by atoms with van der Waals surface area (Å²) < 4.78 is 11.3. The van der Waals surface area contributed by atoms with Crippen LogP contribution in [-0.4, -0.2) is 95.1 Å². The highest BCUT2D eigenvalue weighted by atomic mass is 16.5. The number of ether oxygens (including phenoxy) is 2. The number of Topliss-reactive ketones (excluding diaryl/α,β-unsaturated/α-hetero) is 1. The summed E-state index contributed by atoms with van der Waals surface area (Å²) in [5.74, 6) is -4.48. The van der Waals surface area contributed by atoms with Crippen molar-refractivity contribution < 1.29 is 43.3 Å². The molecule has 1 fully saturated rings. The van der Waals surface area contributed by atoms with Crippen molar-refractivity contribution in [2.45, 2.75) is 118 Å². The zero-order chi connectivity index (χ0) is 32.4. The SMILES string of the molecule is CCCCC(NC(=O)C1CC(OC(C)(C)C)CN1C(=O)C(NC(=O)OCC(C)C)C(C)(C)C)C(=O)C(=O)NCC(=O)O. The molecule has 13 nitrogen and oxygen atoms in total. The van der Waals surface area contributed by atoms with Gasteiger partial charge in [-0.2, -0.15) is 0 Å². The van der Waals surface area contributed by atoms with Gasteiger partial charge in [0.2, 0.25) is 17.6 Å². The van der Waals surface area contributed by atoms with Gasteiger partial charge in [-0.05, 0) is 38.5 Å². The van der Waals surface area contributed by atoms with Crippen molar-refractivity contribution in [1.29, 1.82) is 0 Å². The van der Waals surface area contributed by atoms with E-state index in [-0.39, 0.29) is 31.9 Å². The zero-order valence-corrected chi connectivity index (χ0v) is 26.5. The van der Waals surface area contributed by atoms with Crippen LogP contribution in [0.15, 0.2) is 0 Å². The van der Waals surface area contributed by atoms with Crippen LogP contribution in [0.5, 0.6) is 0 Å². The third kappa shape index (κ3) is 12.3. The topological polar surface area (TPSA) is 180 Å². The lowest BCUT2D eigenvalue weighted by atomic mass is 9.85. The van der Waals surface area contributed by atoms with Gasteiger partial charge in [0.15, 0.2) is 0 Å². The minimum Gasteiger partial charge on any atom is -0.480 e. The summed E-state index contributed by atoms with van der Waals surface area (Å²) in [6.45, 7) is 16.0. The molecule has 4 atom stereocenters. The van der Waals surface area contributed by atoms with E-state index >= 15 is 0 Å². The lowest BCUT2D eigenvalue weighted by Crippen LogP contribution is -2.59. The Labute approximate surface area is 248 Å². The van der Waals surface area contributed by atoms with Gasteiger partial charge in [-0.25, -0.2) is 4.79 Å². The lowest BCUT2D eigenvalue weighted by Gasteiger charge is -2.35. The summed E-state index contributed by atoms with van der Waals surface area (Å²) >= 11 is 0. The Morgan fingerprint density at radius 1 is 1.00 bits per heavy atom. The quantitative estimate of drug-likeness (QED) is 0.218. The van der Waals surface area contributed by atoms with Crippen molar-refractivity contribution in [1.82, 2.24) is 20.9 Å². The van der Waals surface area contributed by atoms with E-state index in [0.717, 1.165) is 0 Å². The molecule has 1 rings (SSSR count). The standard InChI is InChI=1S/C29H50N4O9/c1-10-11-12-19(22(36)25(38)30-14-21(34)35)31-24(37)20-13-18(42-29(7,8)9)15-33(20)26(39)23(28(4,5)6)32-27(40)41-16-17(2)3/h17-20,23H,10-16H2,1-9H3,(H,30,38)(H,31,37)(H,32,40)(H,34,35). The van der Waals surface area contributed by atoms with Crippen LogP contribution >= 0.6 is 0 Å². The first-order chi connectivity index (χ1) is 19.3. The minimum atomic E-state index is -1.31. The van der Waals surface area contributed by atoms with Crippen LogP contribution in [0.1, 0.15) is 88.0 Å². The van der Waals surface area contributed by atoms with Crippen LogP contribution in [0.2, 0.25) is 0 Å². The number of carboxylic acid groups (broad SMARTS) is 1. The number of unbranched alkanes of at least 4 members (excludes halogenated alkanes) is 1. The predicted octanol–water partition coefficient (Wildman–Crippen LogP) is 2.01. The molecular weight excluding hydrogens is 548 g/mol. The van der Waals surface area contributed by atoms with Crippen LogP contribution in [0.4, 0.5) is 4.79 Å². The molecule has 4 unspecified atom stereocenters. The Balaban J connectivity index is 3.30. The molecule has 0 aromatic carbocycles. The third-order valence-corrected chi connectivity index (χ3v) is 6.39. The summed E-state index contributed by atoms with van der Waals surface area (Å²) in [5.41, 5.74) is -1.32. The normalized spacial score (nSPS) is 18.7. The van der Waals surface area contributed by atoms with Crippen LogP contribution in [-0.2, 0) is 33.4 Å². The average Bonchev–Trinajstić information content (AvgIpc) is 3.27. The molecule has 4 amide bonds. The Morgan fingerprint density at radius 2 is 1.62 bits per heavy atom. The van der Waals surface area contributed by atoms with Crippen molar-refractivity contribution >= 4 is 35.6 Å². The van der Waals surface area contributed by atoms with E-state index in [9.17, 15) is 28.8 Å². The highest BCUT2D eigenvalue weighted by Crippen LogP contribution is 2.29. The Morgan fingerprint density at radius 3 is 2.12 bits per heavy atom. The fourth-order valence-corrected chi connectivity index (χ4v) is 4.44. The number of aliphatic carboxylic acids is 1. The van der Waals surface area contributed by atoms with Gasteiger partial charge in [0.1, 0.15) is 18.6 Å². The van der Waals surface area contributed by atoms with Crippen LogP contribution < -0.4 is 16.0 Å². The van der Waals surface area contributed by atoms with Crippen molar-refractivity contribution in [2.24, 2.45) is 11.3 Å². The number of hydrogen-bond donors (Lipinski definition) is 4. The van der Waals surface area contributed by atoms with E-state index in [1.807, 2.05) is 46.9 Å². The first-order valence-corrected chi connectivity index (χ1v) is 14.5. The molecule has 1 saturated heterocycles. The van der Waals surface area contributed by atoms with Gasteiger partial charge in [0.25, 0.3) is 5.91 Å². The number of ketones is 1. The van der Waals surface area contributed by atoms with Crippen molar-refractivity contribution in [2.75, 3.05) is 19.7 Å². The summed E-state index contributed by atoms with van der Waals surface area (Å²) in [7, 11) is 0. The second-order valence-electron chi connectivity index (χ2n) is 13.2. The number of hydrogen-bond acceptors (Lipinski definition) is 8. The van der Waals surface area contributed by atoms with E-state index in [2.05, 4.69) is 10.6 Å². The number of carbonyl (C=O) groups is 6. The number of nitrogens with one attached hydrogen (secondary N) is 3. The average molecular weight is 599 g/mol. The van der Waals surface area contributed by atoms with Gasteiger partial charge in [-0.1, -0.05) is 54.4 Å². The highest BCUT2D eigenvalue weighted by molar-refractivity contribution is 6.38. The maximum atomic E-state index is 14.0. The molecule has 0 radical (unpaired) electrons. The number of likely N-dealkylation sites (tertiary alicyclic amines) is 1. The molecule has 0 aromatic rings. The van der Waals surface area contributed by atoms with Crippen LogP contribution in [0.25, 0.3) is 0 Å². The summed E-state index contributed by atoms with van der Waals surface area (Å²) in [6.07, 6.45) is 0.207. The Bertz CT molecular complexity index is 985. The highest BCUT2D eigenvalue weighted by Gasteiger charge is 2.46. The second kappa shape index (κ2) is 15.9. The maximum absolute atomic E-state index is 14.0. The van der Waals surface area contributed by atoms with E-state index in [0.29, 0.717) is 12.8 Å². The first kappa shape index (κ1) is 36.8. The van der Waals surface area contributed by atoms with Crippen LogP contribution in [0, 0.1) is 11.3 Å². The molecule has 0 saturated carbocycles. The largest absolute Gasteiger partial charge is 0.480 e. The fraction of sp³-hybridized carbons (Fsp3) is 0.793. The van der Waals surface area contributed by atoms with Crippen molar-refractivity contribution in [3.63, 3.8) is 0 Å². The molecule has 0 aromatic heterocycles. The van der Waals surface area contributed by atoms with E-state index in [4.69, 9.17) is 14.6 Å². The summed E-state index contributed by atoms with van der Waals surface area (Å²) in [5, 5.41) is 16.1. The number of rotatable bonds is 14. The van der Waals surface area contributed by atoms with Gasteiger partial charge < -0.3 is 35.4 Å². The molecule has 0 bridgehead atoms. The number of amides is 4. The molecule has 1 aliphatic heterocycles. The van der Waals surface area contributed by atoms with E-state index in [1.54, 1.807) is 20.8 Å². The molecule has 42 heavy (non-hydrogen) atoms. The molecular formula is C29H50N4O9. The fourth-order valence-electron chi connectivity index (χ4n) is 4.44. The van der Waals surface area contributed by atoms with E-state index in [1.165, 1.54) is 4.90 Å². The second-order valence-corrected chi connectivity index (χ2v) is 13.2. The maximum Gasteiger partial charge on any atom is 0.407 e. The minimum absolute atomic E-state index is 0.0656. The molecule has 4 N–H and O–H groups in total.